The molecule has 1 heterocycles. The summed E-state index contributed by atoms with van der Waals surface area (Å²) >= 11 is 0. The lowest BCUT2D eigenvalue weighted by atomic mass is 10.0. The smallest absolute Gasteiger partial charge is 0.0961 e. The van der Waals surface area contributed by atoms with E-state index in [9.17, 15) is 0 Å². The van der Waals surface area contributed by atoms with Crippen LogP contribution < -0.4 is 9.80 Å². The highest BCUT2D eigenvalue weighted by atomic mass is 15.1. The van der Waals surface area contributed by atoms with E-state index in [0.717, 1.165) is 22.5 Å². The highest BCUT2D eigenvalue weighted by molar-refractivity contribution is 5.79. The molecule has 0 aliphatic heterocycles. The molecule has 0 bridgehead atoms. The van der Waals surface area contributed by atoms with Crippen molar-refractivity contribution in [2.75, 3.05) is 38.0 Å². The summed E-state index contributed by atoms with van der Waals surface area (Å²) in [7, 11) is 8.18. The first-order valence-corrected chi connectivity index (χ1v) is 7.65. The molecule has 0 radical (unpaired) electrons. The number of benzene rings is 2. The van der Waals surface area contributed by atoms with Crippen molar-refractivity contribution in [1.82, 2.24) is 9.97 Å². The monoisotopic (exact) mass is 306 g/mol. The van der Waals surface area contributed by atoms with Gasteiger partial charge in [-0.3, -0.25) is 0 Å². The number of aromatic amines is 1. The number of aromatic nitrogens is 2. The maximum absolute atomic E-state index is 4.52. The Balaban J connectivity index is 1.95. The molecular formula is C19H22N4. The van der Waals surface area contributed by atoms with Gasteiger partial charge in [-0.05, 0) is 24.3 Å². The van der Waals surface area contributed by atoms with Crippen molar-refractivity contribution < 1.29 is 0 Å². The van der Waals surface area contributed by atoms with Gasteiger partial charge in [-0.25, -0.2) is 4.98 Å². The Morgan fingerprint density at radius 2 is 1.17 bits per heavy atom. The van der Waals surface area contributed by atoms with E-state index in [2.05, 4.69) is 68.3 Å². The average Bonchev–Trinajstić information content (AvgIpc) is 3.04. The van der Waals surface area contributed by atoms with Gasteiger partial charge in [-0.2, -0.15) is 0 Å². The Kier molecular flexibility index (Phi) is 4.06. The molecule has 0 atom stereocenters. The van der Waals surface area contributed by atoms with E-state index in [1.54, 1.807) is 6.33 Å². The van der Waals surface area contributed by atoms with Gasteiger partial charge in [0.05, 0.1) is 17.7 Å². The first kappa shape index (κ1) is 15.2. The van der Waals surface area contributed by atoms with E-state index >= 15 is 0 Å². The maximum atomic E-state index is 4.52. The third kappa shape index (κ3) is 3.06. The van der Waals surface area contributed by atoms with E-state index in [4.69, 9.17) is 0 Å². The van der Waals surface area contributed by atoms with E-state index < -0.39 is 0 Å². The first-order valence-electron chi connectivity index (χ1n) is 7.65. The zero-order valence-corrected chi connectivity index (χ0v) is 14.0. The van der Waals surface area contributed by atoms with E-state index in [-0.39, 0.29) is 0 Å². The fourth-order valence-corrected chi connectivity index (χ4v) is 2.58. The van der Waals surface area contributed by atoms with Crippen molar-refractivity contribution in [2.45, 2.75) is 0 Å². The van der Waals surface area contributed by atoms with Crippen molar-refractivity contribution in [3.8, 4) is 22.5 Å². The average molecular weight is 306 g/mol. The Labute approximate surface area is 137 Å². The summed E-state index contributed by atoms with van der Waals surface area (Å²) in [5, 5.41) is 0. The lowest BCUT2D eigenvalue weighted by Crippen LogP contribution is -2.08. The van der Waals surface area contributed by atoms with Gasteiger partial charge in [-0.1, -0.05) is 24.3 Å². The standard InChI is InChI=1S/C19H22N4/c1-22(2)16-9-5-14(6-10-16)18-19(21-13-20-18)15-7-11-17(12-8-15)23(3)4/h5-13H,1-4H3,(H,20,21). The molecule has 0 fully saturated rings. The third-order valence-electron chi connectivity index (χ3n) is 3.97. The molecule has 1 aromatic heterocycles. The summed E-state index contributed by atoms with van der Waals surface area (Å²) in [6.45, 7) is 0. The SMILES string of the molecule is CN(C)c1ccc(-c2nc[nH]c2-c2ccc(N(C)C)cc2)cc1. The normalized spacial score (nSPS) is 10.6. The molecule has 0 aliphatic rings. The number of H-pyrrole nitrogens is 1. The molecule has 118 valence electrons. The van der Waals surface area contributed by atoms with Crippen LogP contribution in [0.5, 0.6) is 0 Å². The number of anilines is 2. The van der Waals surface area contributed by atoms with Gasteiger partial charge in [0.25, 0.3) is 0 Å². The highest BCUT2D eigenvalue weighted by Crippen LogP contribution is 2.30. The third-order valence-corrected chi connectivity index (χ3v) is 3.97. The number of hydrogen-bond donors (Lipinski definition) is 1. The lowest BCUT2D eigenvalue weighted by molar-refractivity contribution is 1.13. The second kappa shape index (κ2) is 6.16. The van der Waals surface area contributed by atoms with Gasteiger partial charge in [0.15, 0.2) is 0 Å². The quantitative estimate of drug-likeness (QED) is 0.794. The summed E-state index contributed by atoms with van der Waals surface area (Å²) in [6.07, 6.45) is 1.75. The van der Waals surface area contributed by atoms with Crippen LogP contribution in [-0.2, 0) is 0 Å². The molecule has 0 unspecified atom stereocenters. The van der Waals surface area contributed by atoms with Crippen LogP contribution in [0.15, 0.2) is 54.9 Å². The number of rotatable bonds is 4. The molecule has 0 saturated heterocycles. The van der Waals surface area contributed by atoms with Crippen molar-refractivity contribution in [2.24, 2.45) is 0 Å². The van der Waals surface area contributed by atoms with Crippen molar-refractivity contribution in [3.63, 3.8) is 0 Å². The van der Waals surface area contributed by atoms with E-state index in [1.165, 1.54) is 11.4 Å². The number of nitrogens with zero attached hydrogens (tertiary/aromatic N) is 3. The van der Waals surface area contributed by atoms with Crippen molar-refractivity contribution >= 4 is 11.4 Å². The van der Waals surface area contributed by atoms with Gasteiger partial charge < -0.3 is 14.8 Å². The van der Waals surface area contributed by atoms with Gasteiger partial charge in [0.2, 0.25) is 0 Å². The molecule has 0 aliphatic carbocycles. The molecule has 3 rings (SSSR count). The number of nitrogens with one attached hydrogen (secondary N) is 1. The fraction of sp³-hybridized carbons (Fsp3) is 0.211. The van der Waals surface area contributed by atoms with Crippen LogP contribution in [0.25, 0.3) is 22.5 Å². The molecular weight excluding hydrogens is 284 g/mol. The topological polar surface area (TPSA) is 35.2 Å². The Bertz CT molecular complexity index is 702. The maximum Gasteiger partial charge on any atom is 0.0961 e. The molecule has 4 heteroatoms. The van der Waals surface area contributed by atoms with Gasteiger partial charge in [0, 0.05) is 50.7 Å². The zero-order chi connectivity index (χ0) is 16.4. The van der Waals surface area contributed by atoms with Crippen LogP contribution in [-0.4, -0.2) is 38.2 Å². The molecule has 2 aromatic carbocycles. The minimum absolute atomic E-state index is 0.980. The van der Waals surface area contributed by atoms with Crippen LogP contribution in [0.2, 0.25) is 0 Å². The van der Waals surface area contributed by atoms with E-state index in [0.29, 0.717) is 0 Å². The number of hydrogen-bond acceptors (Lipinski definition) is 3. The molecule has 4 nitrogen and oxygen atoms in total. The van der Waals surface area contributed by atoms with Gasteiger partial charge in [-0.15, -0.1) is 0 Å². The first-order chi connectivity index (χ1) is 11.1. The second-order valence-corrected chi connectivity index (χ2v) is 6.01. The van der Waals surface area contributed by atoms with Crippen LogP contribution >= 0.6 is 0 Å². The zero-order valence-electron chi connectivity index (χ0n) is 14.0. The minimum atomic E-state index is 0.980. The molecule has 3 aromatic rings. The van der Waals surface area contributed by atoms with Crippen molar-refractivity contribution in [3.05, 3.63) is 54.9 Å². The van der Waals surface area contributed by atoms with Crippen LogP contribution in [0.1, 0.15) is 0 Å². The largest absolute Gasteiger partial charge is 0.378 e. The lowest BCUT2D eigenvalue weighted by Gasteiger charge is -2.13. The van der Waals surface area contributed by atoms with Gasteiger partial charge >= 0.3 is 0 Å². The van der Waals surface area contributed by atoms with Gasteiger partial charge in [0.1, 0.15) is 0 Å². The molecule has 0 saturated carbocycles. The summed E-state index contributed by atoms with van der Waals surface area (Å²) < 4.78 is 0. The molecule has 0 amide bonds. The Morgan fingerprint density at radius 3 is 1.65 bits per heavy atom. The Morgan fingerprint density at radius 1 is 0.696 bits per heavy atom. The van der Waals surface area contributed by atoms with Crippen LogP contribution in [0.4, 0.5) is 11.4 Å². The molecule has 0 spiro atoms. The summed E-state index contributed by atoms with van der Waals surface area (Å²) in [5.41, 5.74) is 6.65. The summed E-state index contributed by atoms with van der Waals surface area (Å²) in [6, 6.07) is 16.9. The minimum Gasteiger partial charge on any atom is -0.378 e. The summed E-state index contributed by atoms with van der Waals surface area (Å²) in [5.74, 6) is 0. The summed E-state index contributed by atoms with van der Waals surface area (Å²) in [4.78, 5) is 12.0. The predicted molar refractivity (Wildman–Crippen MR) is 98.1 cm³/mol. The Hall–Kier alpha value is -2.75. The molecule has 1 N–H and O–H groups in total. The second-order valence-electron chi connectivity index (χ2n) is 6.01. The fourth-order valence-electron chi connectivity index (χ4n) is 2.58. The predicted octanol–water partition coefficient (Wildman–Crippen LogP) is 3.88. The highest BCUT2D eigenvalue weighted by Gasteiger charge is 2.11. The van der Waals surface area contributed by atoms with E-state index in [1.807, 2.05) is 28.2 Å². The number of imidazole rings is 1. The van der Waals surface area contributed by atoms with Crippen LogP contribution in [0, 0.1) is 0 Å². The van der Waals surface area contributed by atoms with Crippen molar-refractivity contribution in [1.29, 1.82) is 0 Å². The molecule has 23 heavy (non-hydrogen) atoms. The van der Waals surface area contributed by atoms with Crippen LogP contribution in [0.3, 0.4) is 0 Å².